The third kappa shape index (κ3) is 2.51. The molecule has 0 aliphatic carbocycles. The first-order valence-corrected chi connectivity index (χ1v) is 5.70. The van der Waals surface area contributed by atoms with Gasteiger partial charge in [0.15, 0.2) is 0 Å². The Morgan fingerprint density at radius 2 is 1.86 bits per heavy atom. The molecule has 0 amide bonds. The fraction of sp³-hybridized carbons (Fsp3) is 0.333. The van der Waals surface area contributed by atoms with E-state index in [0.717, 1.165) is 6.07 Å². The highest BCUT2D eigenvalue weighted by molar-refractivity contribution is 9.10. The van der Waals surface area contributed by atoms with Crippen molar-refractivity contribution in [1.82, 2.24) is 0 Å². The van der Waals surface area contributed by atoms with Crippen molar-refractivity contribution in [3.63, 3.8) is 0 Å². The maximum Gasteiger partial charge on any atom is 0.416 e. The largest absolute Gasteiger partial charge is 0.416 e. The van der Waals surface area contributed by atoms with Crippen LogP contribution in [0.3, 0.4) is 0 Å². The minimum absolute atomic E-state index is 0.209. The Kier molecular flexibility index (Phi) is 3.63. The summed E-state index contributed by atoms with van der Waals surface area (Å²) in [5, 5.41) is 0.209. The van der Waals surface area contributed by atoms with Crippen molar-refractivity contribution in [3.05, 3.63) is 33.3 Å². The summed E-state index contributed by atoms with van der Waals surface area (Å²) in [7, 11) is 0. The van der Waals surface area contributed by atoms with Crippen molar-refractivity contribution in [1.29, 1.82) is 0 Å². The molecule has 0 N–H and O–H groups in total. The second kappa shape index (κ2) is 4.23. The SMILES string of the molecule is Cc1cc(Br)cc(C(F)(F)F)c1CBr. The summed E-state index contributed by atoms with van der Waals surface area (Å²) in [5.41, 5.74) is 0.338. The molecule has 0 saturated heterocycles. The molecule has 1 aromatic carbocycles. The standard InChI is InChI=1S/C9H7Br2F3/c1-5-2-6(11)3-8(7(5)4-10)9(12,13)14/h2-3H,4H2,1H3. The van der Waals surface area contributed by atoms with Gasteiger partial charge in [-0.15, -0.1) is 0 Å². The lowest BCUT2D eigenvalue weighted by atomic mass is 10.0. The predicted octanol–water partition coefficient (Wildman–Crippen LogP) is 4.67. The Labute approximate surface area is 96.8 Å². The second-order valence-corrected chi connectivity index (χ2v) is 4.36. The maximum absolute atomic E-state index is 12.6. The highest BCUT2D eigenvalue weighted by Gasteiger charge is 2.33. The molecule has 5 heteroatoms. The molecule has 0 bridgehead atoms. The fourth-order valence-electron chi connectivity index (χ4n) is 1.20. The summed E-state index contributed by atoms with van der Waals surface area (Å²) in [6, 6.07) is 2.77. The Hall–Kier alpha value is -0.0300. The number of alkyl halides is 4. The molecule has 0 radical (unpaired) electrons. The van der Waals surface area contributed by atoms with Crippen LogP contribution in [0, 0.1) is 6.92 Å². The van der Waals surface area contributed by atoms with Gasteiger partial charge in [0.05, 0.1) is 5.56 Å². The fourth-order valence-corrected chi connectivity index (χ4v) is 2.52. The Morgan fingerprint density at radius 1 is 1.29 bits per heavy atom. The first kappa shape index (κ1) is 12.0. The zero-order valence-corrected chi connectivity index (χ0v) is 10.4. The predicted molar refractivity (Wildman–Crippen MR) is 56.5 cm³/mol. The molecular formula is C9H7Br2F3. The smallest absolute Gasteiger partial charge is 0.166 e. The summed E-state index contributed by atoms with van der Waals surface area (Å²) in [6.45, 7) is 1.66. The van der Waals surface area contributed by atoms with Crippen LogP contribution in [0.4, 0.5) is 13.2 Å². The normalized spacial score (nSPS) is 11.9. The molecule has 0 unspecified atom stereocenters. The number of hydrogen-bond acceptors (Lipinski definition) is 0. The molecule has 0 atom stereocenters. The van der Waals surface area contributed by atoms with Crippen molar-refractivity contribution < 1.29 is 13.2 Å². The van der Waals surface area contributed by atoms with E-state index in [4.69, 9.17) is 0 Å². The molecule has 0 aliphatic rings. The van der Waals surface area contributed by atoms with Crippen molar-refractivity contribution in [3.8, 4) is 0 Å². The number of halogens is 5. The molecule has 0 nitrogen and oxygen atoms in total. The van der Waals surface area contributed by atoms with Gasteiger partial charge in [-0.2, -0.15) is 13.2 Å². The third-order valence-electron chi connectivity index (χ3n) is 1.88. The van der Waals surface area contributed by atoms with Gasteiger partial charge in [-0.05, 0) is 30.2 Å². The zero-order valence-electron chi connectivity index (χ0n) is 7.25. The van der Waals surface area contributed by atoms with Gasteiger partial charge in [-0.25, -0.2) is 0 Å². The van der Waals surface area contributed by atoms with Crippen molar-refractivity contribution in [2.75, 3.05) is 0 Å². The van der Waals surface area contributed by atoms with Crippen LogP contribution in [0.25, 0.3) is 0 Å². The zero-order chi connectivity index (χ0) is 10.9. The van der Waals surface area contributed by atoms with E-state index in [2.05, 4.69) is 31.9 Å². The first-order valence-electron chi connectivity index (χ1n) is 3.78. The third-order valence-corrected chi connectivity index (χ3v) is 2.90. The average molecular weight is 332 g/mol. The molecule has 0 aliphatic heterocycles. The molecule has 0 saturated carbocycles. The highest BCUT2D eigenvalue weighted by atomic mass is 79.9. The van der Waals surface area contributed by atoms with E-state index < -0.39 is 11.7 Å². The first-order chi connectivity index (χ1) is 6.36. The lowest BCUT2D eigenvalue weighted by Crippen LogP contribution is -2.09. The van der Waals surface area contributed by atoms with Gasteiger partial charge in [0, 0.05) is 9.80 Å². The summed E-state index contributed by atoms with van der Waals surface area (Å²) in [6.07, 6.45) is -4.29. The summed E-state index contributed by atoms with van der Waals surface area (Å²) in [4.78, 5) is 0. The Bertz CT molecular complexity index is 345. The molecular weight excluding hydrogens is 325 g/mol. The van der Waals surface area contributed by atoms with E-state index in [1.54, 1.807) is 13.0 Å². The van der Waals surface area contributed by atoms with E-state index in [-0.39, 0.29) is 5.33 Å². The molecule has 0 aromatic heterocycles. The van der Waals surface area contributed by atoms with Gasteiger partial charge < -0.3 is 0 Å². The monoisotopic (exact) mass is 330 g/mol. The van der Waals surface area contributed by atoms with Crippen LogP contribution < -0.4 is 0 Å². The number of benzene rings is 1. The van der Waals surface area contributed by atoms with Crippen molar-refractivity contribution in [2.45, 2.75) is 18.4 Å². The van der Waals surface area contributed by atoms with Crippen LogP contribution in [-0.4, -0.2) is 0 Å². The molecule has 0 heterocycles. The highest BCUT2D eigenvalue weighted by Crippen LogP contribution is 2.36. The van der Waals surface area contributed by atoms with E-state index in [1.165, 1.54) is 0 Å². The molecule has 14 heavy (non-hydrogen) atoms. The number of rotatable bonds is 1. The van der Waals surface area contributed by atoms with E-state index >= 15 is 0 Å². The topological polar surface area (TPSA) is 0 Å². The molecule has 1 aromatic rings. The van der Waals surface area contributed by atoms with Gasteiger partial charge in [-0.3, -0.25) is 0 Å². The van der Waals surface area contributed by atoms with Crippen LogP contribution in [0.5, 0.6) is 0 Å². The van der Waals surface area contributed by atoms with Gasteiger partial charge in [0.25, 0.3) is 0 Å². The molecule has 0 fully saturated rings. The molecule has 78 valence electrons. The van der Waals surface area contributed by atoms with Crippen molar-refractivity contribution in [2.24, 2.45) is 0 Å². The number of aryl methyl sites for hydroxylation is 1. The Balaban J connectivity index is 3.40. The number of hydrogen-bond donors (Lipinski definition) is 0. The summed E-state index contributed by atoms with van der Waals surface area (Å²) in [5.74, 6) is 0. The van der Waals surface area contributed by atoms with Crippen LogP contribution in [0.1, 0.15) is 16.7 Å². The van der Waals surface area contributed by atoms with Crippen LogP contribution >= 0.6 is 31.9 Å². The lowest BCUT2D eigenvalue weighted by Gasteiger charge is -2.14. The van der Waals surface area contributed by atoms with E-state index in [1.807, 2.05) is 0 Å². The summed E-state index contributed by atoms with van der Waals surface area (Å²) >= 11 is 6.11. The van der Waals surface area contributed by atoms with Gasteiger partial charge in [0.1, 0.15) is 0 Å². The quantitative estimate of drug-likeness (QED) is 0.656. The maximum atomic E-state index is 12.6. The minimum atomic E-state index is -4.29. The van der Waals surface area contributed by atoms with Gasteiger partial charge >= 0.3 is 6.18 Å². The van der Waals surface area contributed by atoms with Crippen LogP contribution in [0.2, 0.25) is 0 Å². The van der Waals surface area contributed by atoms with E-state index in [9.17, 15) is 13.2 Å². The van der Waals surface area contributed by atoms with E-state index in [0.29, 0.717) is 15.6 Å². The van der Waals surface area contributed by atoms with Gasteiger partial charge in [-0.1, -0.05) is 31.9 Å². The average Bonchev–Trinajstić information content (AvgIpc) is 2.01. The minimum Gasteiger partial charge on any atom is -0.166 e. The van der Waals surface area contributed by atoms with Crippen LogP contribution in [-0.2, 0) is 11.5 Å². The van der Waals surface area contributed by atoms with Gasteiger partial charge in [0.2, 0.25) is 0 Å². The molecule has 0 spiro atoms. The molecule has 1 rings (SSSR count). The summed E-state index contributed by atoms with van der Waals surface area (Å²) < 4.78 is 38.1. The van der Waals surface area contributed by atoms with Crippen molar-refractivity contribution >= 4 is 31.9 Å². The Morgan fingerprint density at radius 3 is 2.29 bits per heavy atom. The van der Waals surface area contributed by atoms with Crippen LogP contribution in [0.15, 0.2) is 16.6 Å². The second-order valence-electron chi connectivity index (χ2n) is 2.88. The lowest BCUT2D eigenvalue weighted by molar-refractivity contribution is -0.138.